The fourth-order valence-corrected chi connectivity index (χ4v) is 3.05. The summed E-state index contributed by atoms with van der Waals surface area (Å²) in [7, 11) is 1.75. The molecule has 0 radical (unpaired) electrons. The summed E-state index contributed by atoms with van der Waals surface area (Å²) in [5.41, 5.74) is 2.19. The first-order chi connectivity index (χ1) is 10.6. The normalized spacial score (nSPS) is 10.5. The first-order valence-electron chi connectivity index (χ1n) is 6.70. The maximum Gasteiger partial charge on any atom is 0.277 e. The minimum absolute atomic E-state index is 0.129. The summed E-state index contributed by atoms with van der Waals surface area (Å²) in [6, 6.07) is 17.0. The van der Waals surface area contributed by atoms with E-state index in [2.05, 4.69) is 4.98 Å². The lowest BCUT2D eigenvalue weighted by Gasteiger charge is -2.15. The zero-order valence-corrected chi connectivity index (χ0v) is 13.4. The molecule has 0 atom stereocenters. The van der Waals surface area contributed by atoms with Crippen molar-refractivity contribution in [2.75, 3.05) is 11.9 Å². The maximum absolute atomic E-state index is 12.5. The maximum atomic E-state index is 12.5. The van der Waals surface area contributed by atoms with Crippen molar-refractivity contribution >= 4 is 34.5 Å². The van der Waals surface area contributed by atoms with E-state index in [4.69, 9.17) is 11.6 Å². The number of nitrogens with zero attached hydrogens (tertiary/aromatic N) is 2. The van der Waals surface area contributed by atoms with Crippen molar-refractivity contribution < 1.29 is 4.79 Å². The van der Waals surface area contributed by atoms with Crippen LogP contribution in [0.1, 0.15) is 10.5 Å². The highest BCUT2D eigenvalue weighted by molar-refractivity contribution is 7.13. The van der Waals surface area contributed by atoms with Crippen molar-refractivity contribution in [3.63, 3.8) is 0 Å². The van der Waals surface area contributed by atoms with Crippen LogP contribution in [0.15, 0.2) is 60.0 Å². The summed E-state index contributed by atoms with van der Waals surface area (Å²) in [5.74, 6) is -0.129. The zero-order valence-electron chi connectivity index (χ0n) is 11.9. The molecule has 1 amide bonds. The van der Waals surface area contributed by atoms with Crippen LogP contribution in [-0.2, 0) is 0 Å². The second kappa shape index (κ2) is 6.30. The first kappa shape index (κ1) is 14.8. The Bertz CT molecular complexity index is 801. The van der Waals surface area contributed by atoms with Crippen LogP contribution in [-0.4, -0.2) is 17.9 Å². The van der Waals surface area contributed by atoms with Crippen molar-refractivity contribution in [3.05, 3.63) is 70.7 Å². The second-order valence-corrected chi connectivity index (χ2v) is 6.04. The molecule has 1 aromatic heterocycles. The Morgan fingerprint density at radius 2 is 1.91 bits per heavy atom. The molecular formula is C17H13ClN2OS. The van der Waals surface area contributed by atoms with Gasteiger partial charge in [0.25, 0.3) is 5.91 Å². The second-order valence-electron chi connectivity index (χ2n) is 4.75. The third-order valence-electron chi connectivity index (χ3n) is 3.24. The van der Waals surface area contributed by atoms with E-state index < -0.39 is 0 Å². The van der Waals surface area contributed by atoms with Gasteiger partial charge in [-0.25, -0.2) is 4.98 Å². The molecule has 0 bridgehead atoms. The summed E-state index contributed by atoms with van der Waals surface area (Å²) in [4.78, 5) is 18.5. The molecule has 0 aliphatic heterocycles. The van der Waals surface area contributed by atoms with Crippen LogP contribution in [0.4, 0.5) is 5.69 Å². The molecule has 0 aliphatic rings. The molecule has 0 aliphatic carbocycles. The van der Waals surface area contributed by atoms with Crippen molar-refractivity contribution in [1.82, 2.24) is 4.98 Å². The third kappa shape index (κ3) is 3.03. The molecule has 2 aromatic carbocycles. The number of carbonyl (C=O) groups is 1. The van der Waals surface area contributed by atoms with E-state index >= 15 is 0 Å². The number of hydrogen-bond donors (Lipinski definition) is 0. The number of aromatic nitrogens is 1. The average Bonchev–Trinajstić information content (AvgIpc) is 3.04. The Kier molecular flexibility index (Phi) is 4.22. The van der Waals surface area contributed by atoms with Gasteiger partial charge < -0.3 is 4.90 Å². The zero-order chi connectivity index (χ0) is 15.5. The first-order valence-corrected chi connectivity index (χ1v) is 7.95. The van der Waals surface area contributed by atoms with E-state index in [0.717, 1.165) is 16.3 Å². The SMILES string of the molecule is CN(C(=O)c1csc(-c2cccc(Cl)c2)n1)c1ccccc1. The Labute approximate surface area is 137 Å². The predicted octanol–water partition coefficient (Wildman–Crippen LogP) is 4.74. The monoisotopic (exact) mass is 328 g/mol. The number of benzene rings is 2. The quantitative estimate of drug-likeness (QED) is 0.695. The van der Waals surface area contributed by atoms with Crippen LogP contribution < -0.4 is 4.90 Å². The molecule has 3 nitrogen and oxygen atoms in total. The van der Waals surface area contributed by atoms with Crippen LogP contribution in [0.2, 0.25) is 5.02 Å². The van der Waals surface area contributed by atoms with E-state index in [1.54, 1.807) is 17.3 Å². The number of para-hydroxylation sites is 1. The summed E-state index contributed by atoms with van der Waals surface area (Å²) < 4.78 is 0. The van der Waals surface area contributed by atoms with Crippen molar-refractivity contribution in [2.24, 2.45) is 0 Å². The van der Waals surface area contributed by atoms with Crippen LogP contribution in [0.5, 0.6) is 0 Å². The summed E-state index contributed by atoms with van der Waals surface area (Å²) >= 11 is 7.43. The van der Waals surface area contributed by atoms with E-state index in [0.29, 0.717) is 10.7 Å². The van der Waals surface area contributed by atoms with Crippen LogP contribution in [0.25, 0.3) is 10.6 Å². The fourth-order valence-electron chi connectivity index (χ4n) is 2.07. The van der Waals surface area contributed by atoms with E-state index in [-0.39, 0.29) is 5.91 Å². The van der Waals surface area contributed by atoms with Gasteiger partial charge in [-0.05, 0) is 24.3 Å². The van der Waals surface area contributed by atoms with Gasteiger partial charge in [-0.2, -0.15) is 0 Å². The topological polar surface area (TPSA) is 33.2 Å². The summed E-state index contributed by atoms with van der Waals surface area (Å²) in [5, 5.41) is 3.21. The molecule has 0 N–H and O–H groups in total. The van der Waals surface area contributed by atoms with Crippen molar-refractivity contribution in [3.8, 4) is 10.6 Å². The Hall–Kier alpha value is -2.17. The number of thiazole rings is 1. The van der Waals surface area contributed by atoms with Gasteiger partial charge in [0.2, 0.25) is 0 Å². The molecular weight excluding hydrogens is 316 g/mol. The molecule has 1 heterocycles. The minimum Gasteiger partial charge on any atom is -0.310 e. The predicted molar refractivity (Wildman–Crippen MR) is 91.7 cm³/mol. The standard InChI is InChI=1S/C17H13ClN2OS/c1-20(14-8-3-2-4-9-14)17(21)15-11-22-16(19-15)12-6-5-7-13(18)10-12/h2-11H,1H3. The lowest BCUT2D eigenvalue weighted by Crippen LogP contribution is -2.26. The molecule has 0 saturated carbocycles. The Morgan fingerprint density at radius 1 is 1.14 bits per heavy atom. The van der Waals surface area contributed by atoms with Crippen LogP contribution in [0, 0.1) is 0 Å². The molecule has 0 unspecified atom stereocenters. The lowest BCUT2D eigenvalue weighted by atomic mass is 10.2. The van der Waals surface area contributed by atoms with E-state index in [1.807, 2.05) is 54.6 Å². The molecule has 22 heavy (non-hydrogen) atoms. The smallest absolute Gasteiger partial charge is 0.277 e. The number of halogens is 1. The molecule has 3 rings (SSSR count). The Balaban J connectivity index is 1.86. The van der Waals surface area contributed by atoms with E-state index in [1.165, 1.54) is 11.3 Å². The highest BCUT2D eigenvalue weighted by Gasteiger charge is 2.17. The molecule has 0 fully saturated rings. The number of carbonyl (C=O) groups excluding carboxylic acids is 1. The molecule has 0 saturated heterocycles. The number of anilines is 1. The van der Waals surface area contributed by atoms with Gasteiger partial charge in [0.1, 0.15) is 10.7 Å². The van der Waals surface area contributed by atoms with Gasteiger partial charge in [-0.1, -0.05) is 41.9 Å². The van der Waals surface area contributed by atoms with Gasteiger partial charge in [0.15, 0.2) is 0 Å². The van der Waals surface area contributed by atoms with Gasteiger partial charge in [0, 0.05) is 28.7 Å². The Morgan fingerprint density at radius 3 is 2.64 bits per heavy atom. The van der Waals surface area contributed by atoms with Gasteiger partial charge in [-0.15, -0.1) is 11.3 Å². The minimum atomic E-state index is -0.129. The molecule has 110 valence electrons. The van der Waals surface area contributed by atoms with Crippen LogP contribution in [0.3, 0.4) is 0 Å². The number of rotatable bonds is 3. The number of amides is 1. The van der Waals surface area contributed by atoms with E-state index in [9.17, 15) is 4.79 Å². The van der Waals surface area contributed by atoms with Crippen molar-refractivity contribution in [2.45, 2.75) is 0 Å². The van der Waals surface area contributed by atoms with Crippen LogP contribution >= 0.6 is 22.9 Å². The lowest BCUT2D eigenvalue weighted by molar-refractivity contribution is 0.0989. The summed E-state index contributed by atoms with van der Waals surface area (Å²) in [6.07, 6.45) is 0. The highest BCUT2D eigenvalue weighted by Crippen LogP contribution is 2.27. The van der Waals surface area contributed by atoms with Gasteiger partial charge in [-0.3, -0.25) is 4.79 Å². The summed E-state index contributed by atoms with van der Waals surface area (Å²) in [6.45, 7) is 0. The fraction of sp³-hybridized carbons (Fsp3) is 0.0588. The number of hydrogen-bond acceptors (Lipinski definition) is 3. The van der Waals surface area contributed by atoms with Gasteiger partial charge >= 0.3 is 0 Å². The average molecular weight is 329 g/mol. The largest absolute Gasteiger partial charge is 0.310 e. The molecule has 0 spiro atoms. The highest BCUT2D eigenvalue weighted by atomic mass is 35.5. The molecule has 3 aromatic rings. The van der Waals surface area contributed by atoms with Crippen molar-refractivity contribution in [1.29, 1.82) is 0 Å². The third-order valence-corrected chi connectivity index (χ3v) is 4.37. The molecule has 5 heteroatoms. The van der Waals surface area contributed by atoms with Gasteiger partial charge in [0.05, 0.1) is 0 Å².